The summed E-state index contributed by atoms with van der Waals surface area (Å²) >= 11 is 0. The maximum absolute atomic E-state index is 10.9. The molecule has 1 aliphatic heterocycles. The fourth-order valence-electron chi connectivity index (χ4n) is 1.64. The lowest BCUT2D eigenvalue weighted by molar-refractivity contribution is 0.111. The molecule has 4 heteroatoms. The van der Waals surface area contributed by atoms with E-state index in [0.717, 1.165) is 19.3 Å². The van der Waals surface area contributed by atoms with E-state index in [0.29, 0.717) is 23.7 Å². The van der Waals surface area contributed by atoms with Crippen LogP contribution < -0.4 is 9.47 Å². The largest absolute Gasteiger partial charge is 0.497 e. The van der Waals surface area contributed by atoms with Crippen LogP contribution in [0.25, 0.3) is 0 Å². The summed E-state index contributed by atoms with van der Waals surface area (Å²) in [6.45, 7) is 1.31. The normalized spacial score (nSPS) is 19.4. The van der Waals surface area contributed by atoms with Crippen LogP contribution in [-0.2, 0) is 4.74 Å². The first kappa shape index (κ1) is 11.0. The Labute approximate surface area is 94.1 Å². The molecule has 86 valence electrons. The molecule has 0 radical (unpaired) electrons. The number of aldehydes is 1. The summed E-state index contributed by atoms with van der Waals surface area (Å²) in [7, 11) is 1.56. The Morgan fingerprint density at radius 1 is 1.50 bits per heavy atom. The first-order chi connectivity index (χ1) is 7.83. The molecule has 1 atom stereocenters. The van der Waals surface area contributed by atoms with Crippen LogP contribution in [-0.4, -0.2) is 32.7 Å². The first-order valence-corrected chi connectivity index (χ1v) is 5.21. The van der Waals surface area contributed by atoms with Crippen LogP contribution in [0.3, 0.4) is 0 Å². The van der Waals surface area contributed by atoms with Crippen molar-refractivity contribution in [1.29, 1.82) is 0 Å². The second-order valence-electron chi connectivity index (χ2n) is 3.63. The molecule has 0 spiro atoms. The average molecular weight is 222 g/mol. The van der Waals surface area contributed by atoms with E-state index in [1.54, 1.807) is 25.3 Å². The number of carbonyl (C=O) groups is 1. The van der Waals surface area contributed by atoms with Crippen LogP contribution >= 0.6 is 0 Å². The molecule has 0 aromatic heterocycles. The summed E-state index contributed by atoms with van der Waals surface area (Å²) in [5.41, 5.74) is 0.506. The van der Waals surface area contributed by atoms with Gasteiger partial charge in [0, 0.05) is 6.42 Å². The Hall–Kier alpha value is -1.55. The molecular weight excluding hydrogens is 208 g/mol. The van der Waals surface area contributed by atoms with Crippen LogP contribution in [0.15, 0.2) is 18.2 Å². The van der Waals surface area contributed by atoms with E-state index in [1.165, 1.54) is 0 Å². The highest BCUT2D eigenvalue weighted by Crippen LogP contribution is 2.25. The predicted octanol–water partition coefficient (Wildman–Crippen LogP) is 1.68. The quantitative estimate of drug-likeness (QED) is 0.727. The van der Waals surface area contributed by atoms with E-state index < -0.39 is 0 Å². The van der Waals surface area contributed by atoms with Gasteiger partial charge >= 0.3 is 0 Å². The Kier molecular flexibility index (Phi) is 3.41. The van der Waals surface area contributed by atoms with Gasteiger partial charge in [-0.05, 0) is 18.2 Å². The van der Waals surface area contributed by atoms with E-state index in [-0.39, 0.29) is 6.10 Å². The van der Waals surface area contributed by atoms with Gasteiger partial charge in [-0.15, -0.1) is 0 Å². The maximum Gasteiger partial charge on any atom is 0.153 e. The number of ether oxygens (including phenoxy) is 3. The van der Waals surface area contributed by atoms with Gasteiger partial charge in [0.25, 0.3) is 0 Å². The van der Waals surface area contributed by atoms with Crippen molar-refractivity contribution >= 4 is 6.29 Å². The topological polar surface area (TPSA) is 44.8 Å². The third kappa shape index (κ3) is 2.33. The summed E-state index contributed by atoms with van der Waals surface area (Å²) < 4.78 is 15.9. The summed E-state index contributed by atoms with van der Waals surface area (Å²) in [6, 6.07) is 5.19. The molecule has 1 unspecified atom stereocenters. The molecule has 4 nitrogen and oxygen atoms in total. The molecule has 0 bridgehead atoms. The number of hydrogen-bond donors (Lipinski definition) is 0. The van der Waals surface area contributed by atoms with Gasteiger partial charge in [-0.25, -0.2) is 0 Å². The van der Waals surface area contributed by atoms with Gasteiger partial charge in [0.15, 0.2) is 6.29 Å². The lowest BCUT2D eigenvalue weighted by Crippen LogP contribution is -2.16. The average Bonchev–Trinajstić information content (AvgIpc) is 2.82. The van der Waals surface area contributed by atoms with E-state index >= 15 is 0 Å². The zero-order valence-corrected chi connectivity index (χ0v) is 9.14. The summed E-state index contributed by atoms with van der Waals surface area (Å²) in [6.07, 6.45) is 1.69. The molecule has 1 aromatic rings. The van der Waals surface area contributed by atoms with Crippen molar-refractivity contribution < 1.29 is 19.0 Å². The van der Waals surface area contributed by atoms with Gasteiger partial charge in [0.05, 0.1) is 25.9 Å². The monoisotopic (exact) mass is 222 g/mol. The maximum atomic E-state index is 10.9. The Morgan fingerprint density at radius 2 is 2.38 bits per heavy atom. The summed E-state index contributed by atoms with van der Waals surface area (Å²) in [5, 5.41) is 0. The third-order valence-electron chi connectivity index (χ3n) is 2.53. The molecule has 0 amide bonds. The van der Waals surface area contributed by atoms with Gasteiger partial charge in [-0.2, -0.15) is 0 Å². The van der Waals surface area contributed by atoms with Crippen molar-refractivity contribution in [3.63, 3.8) is 0 Å². The van der Waals surface area contributed by atoms with Gasteiger partial charge in [0.1, 0.15) is 17.6 Å². The Balaban J connectivity index is 2.15. The van der Waals surface area contributed by atoms with Crippen LogP contribution in [0.4, 0.5) is 0 Å². The second-order valence-corrected chi connectivity index (χ2v) is 3.63. The highest BCUT2D eigenvalue weighted by atomic mass is 16.5. The van der Waals surface area contributed by atoms with Crippen molar-refractivity contribution in [1.82, 2.24) is 0 Å². The highest BCUT2D eigenvalue weighted by Gasteiger charge is 2.18. The van der Waals surface area contributed by atoms with Crippen LogP contribution in [0, 0.1) is 0 Å². The zero-order chi connectivity index (χ0) is 11.4. The SMILES string of the molecule is COc1ccc(OC2CCOC2)c(C=O)c1. The number of carbonyl (C=O) groups excluding carboxylic acids is 1. The number of benzene rings is 1. The molecule has 0 N–H and O–H groups in total. The molecule has 16 heavy (non-hydrogen) atoms. The van der Waals surface area contributed by atoms with Crippen LogP contribution in [0.1, 0.15) is 16.8 Å². The fraction of sp³-hybridized carbons (Fsp3) is 0.417. The minimum atomic E-state index is 0.0482. The lowest BCUT2D eigenvalue weighted by Gasteiger charge is -2.13. The van der Waals surface area contributed by atoms with Crippen LogP contribution in [0.5, 0.6) is 11.5 Å². The molecule has 2 rings (SSSR count). The fourth-order valence-corrected chi connectivity index (χ4v) is 1.64. The van der Waals surface area contributed by atoms with Crippen LogP contribution in [0.2, 0.25) is 0 Å². The van der Waals surface area contributed by atoms with E-state index in [2.05, 4.69) is 0 Å². The summed E-state index contributed by atoms with van der Waals surface area (Å²) in [4.78, 5) is 10.9. The molecule has 1 heterocycles. The van der Waals surface area contributed by atoms with E-state index in [9.17, 15) is 4.79 Å². The Morgan fingerprint density at radius 3 is 3.00 bits per heavy atom. The van der Waals surface area contributed by atoms with Crippen molar-refractivity contribution in [2.75, 3.05) is 20.3 Å². The molecule has 1 fully saturated rings. The van der Waals surface area contributed by atoms with Gasteiger partial charge in [-0.1, -0.05) is 0 Å². The number of rotatable bonds is 4. The molecule has 0 saturated carbocycles. The molecule has 1 aliphatic rings. The highest BCUT2D eigenvalue weighted by molar-refractivity contribution is 5.80. The number of methoxy groups -OCH3 is 1. The standard InChI is InChI=1S/C12H14O4/c1-14-10-2-3-12(9(6-10)7-13)16-11-4-5-15-8-11/h2-3,6-7,11H,4-5,8H2,1H3. The van der Waals surface area contributed by atoms with E-state index in [4.69, 9.17) is 14.2 Å². The Bertz CT molecular complexity index is 369. The van der Waals surface area contributed by atoms with Gasteiger partial charge in [0.2, 0.25) is 0 Å². The smallest absolute Gasteiger partial charge is 0.153 e. The molecule has 0 aliphatic carbocycles. The summed E-state index contributed by atoms with van der Waals surface area (Å²) in [5.74, 6) is 1.24. The van der Waals surface area contributed by atoms with Gasteiger partial charge < -0.3 is 14.2 Å². The van der Waals surface area contributed by atoms with E-state index in [1.807, 2.05) is 0 Å². The molecule has 1 saturated heterocycles. The zero-order valence-electron chi connectivity index (χ0n) is 9.14. The minimum absolute atomic E-state index is 0.0482. The molecular formula is C12H14O4. The lowest BCUT2D eigenvalue weighted by atomic mass is 10.2. The van der Waals surface area contributed by atoms with Crippen molar-refractivity contribution in [2.24, 2.45) is 0 Å². The van der Waals surface area contributed by atoms with Gasteiger partial charge in [-0.3, -0.25) is 4.79 Å². The first-order valence-electron chi connectivity index (χ1n) is 5.21. The minimum Gasteiger partial charge on any atom is -0.497 e. The number of hydrogen-bond acceptors (Lipinski definition) is 4. The van der Waals surface area contributed by atoms with Crippen molar-refractivity contribution in [3.8, 4) is 11.5 Å². The molecule has 1 aromatic carbocycles. The second kappa shape index (κ2) is 4.99. The van der Waals surface area contributed by atoms with Crippen molar-refractivity contribution in [2.45, 2.75) is 12.5 Å². The third-order valence-corrected chi connectivity index (χ3v) is 2.53. The van der Waals surface area contributed by atoms with Crippen molar-refractivity contribution in [3.05, 3.63) is 23.8 Å². The predicted molar refractivity (Wildman–Crippen MR) is 58.2 cm³/mol.